The number of allylic oxidation sites excluding steroid dienone is 2. The molecule has 0 N–H and O–H groups in total. The molecule has 3 aliphatic rings. The number of rotatable bonds is 6. The summed E-state index contributed by atoms with van der Waals surface area (Å²) in [5, 5.41) is 1.65. The minimum Gasteiger partial charge on any atom is -0.500 e. The molecule has 0 saturated heterocycles. The highest BCUT2D eigenvalue weighted by molar-refractivity contribution is 7.67. The lowest BCUT2D eigenvalue weighted by atomic mass is 9.88. The summed E-state index contributed by atoms with van der Waals surface area (Å²) in [5.74, 6) is 1.21. The van der Waals surface area contributed by atoms with Crippen LogP contribution in [-0.2, 0) is 9.47 Å². The summed E-state index contributed by atoms with van der Waals surface area (Å²) < 4.78 is 11.8. The van der Waals surface area contributed by atoms with E-state index in [-0.39, 0.29) is 19.9 Å². The van der Waals surface area contributed by atoms with Gasteiger partial charge in [-0.25, -0.2) is 0 Å². The van der Waals surface area contributed by atoms with Crippen LogP contribution in [0.3, 0.4) is 0 Å². The highest BCUT2D eigenvalue weighted by Crippen LogP contribution is 2.56. The molecule has 0 heterocycles. The van der Waals surface area contributed by atoms with Gasteiger partial charge in [0, 0.05) is 7.11 Å². The zero-order valence-electron chi connectivity index (χ0n) is 18.2. The van der Waals surface area contributed by atoms with Crippen molar-refractivity contribution in [3.63, 3.8) is 0 Å². The molecule has 2 nitrogen and oxygen atoms in total. The zero-order valence-corrected chi connectivity index (χ0v) is 19.1. The van der Waals surface area contributed by atoms with Gasteiger partial charge in [-0.05, 0) is 53.9 Å². The van der Waals surface area contributed by atoms with Crippen molar-refractivity contribution >= 4 is 13.2 Å². The quantitative estimate of drug-likeness (QED) is 0.487. The van der Waals surface area contributed by atoms with E-state index >= 15 is 0 Å². The van der Waals surface area contributed by atoms with Crippen LogP contribution in [-0.4, -0.2) is 31.6 Å². The Hall–Kier alpha value is -1.11. The van der Waals surface area contributed by atoms with Crippen LogP contribution in [0.5, 0.6) is 0 Å². The number of methoxy groups -OCH3 is 2. The molecule has 3 heteroatoms. The Morgan fingerprint density at radius 2 is 1.45 bits per heavy atom. The second-order valence-electron chi connectivity index (χ2n) is 8.89. The molecule has 1 aromatic rings. The molecule has 2 fully saturated rings. The summed E-state index contributed by atoms with van der Waals surface area (Å²) in [6.07, 6.45) is 20.7. The van der Waals surface area contributed by atoms with E-state index < -0.39 is 0 Å². The van der Waals surface area contributed by atoms with Gasteiger partial charge in [-0.15, -0.1) is 0 Å². The van der Waals surface area contributed by atoms with E-state index in [0.29, 0.717) is 0 Å². The van der Waals surface area contributed by atoms with Gasteiger partial charge in [0.15, 0.2) is 0 Å². The third-order valence-corrected chi connectivity index (χ3v) is 10.8. The number of hydrogen-bond acceptors (Lipinski definition) is 2. The molecule has 0 amide bonds. The lowest BCUT2D eigenvalue weighted by Crippen LogP contribution is -2.32. The van der Waals surface area contributed by atoms with Crippen molar-refractivity contribution in [2.24, 2.45) is 0 Å². The van der Waals surface area contributed by atoms with E-state index in [1.165, 1.54) is 69.8 Å². The van der Waals surface area contributed by atoms with Crippen LogP contribution in [0.2, 0.25) is 0 Å². The first-order chi connectivity index (χ1) is 14.3. The fourth-order valence-corrected chi connectivity index (χ4v) is 9.77. The second kappa shape index (κ2) is 10.3. The number of ether oxygens (including phenoxy) is 2. The zero-order chi connectivity index (χ0) is 20.1. The van der Waals surface area contributed by atoms with Crippen LogP contribution in [0.25, 0.3) is 0 Å². The second-order valence-corrected chi connectivity index (χ2v) is 11.6. The monoisotopic (exact) mass is 412 g/mol. The molecule has 158 valence electrons. The normalized spacial score (nSPS) is 26.5. The maximum Gasteiger partial charge on any atom is 0.106 e. The molecule has 2 saturated carbocycles. The highest BCUT2D eigenvalue weighted by atomic mass is 31.1. The molecule has 2 atom stereocenters. The lowest BCUT2D eigenvalue weighted by Gasteiger charge is -2.41. The minimum atomic E-state index is -0.148. The van der Waals surface area contributed by atoms with Crippen molar-refractivity contribution in [2.45, 2.75) is 87.5 Å². The Labute approximate surface area is 178 Å². The Morgan fingerprint density at radius 3 is 2.03 bits per heavy atom. The molecular weight excluding hydrogens is 375 g/mol. The fourth-order valence-electron chi connectivity index (χ4n) is 5.77. The summed E-state index contributed by atoms with van der Waals surface area (Å²) in [6.45, 7) is 0. The summed E-state index contributed by atoms with van der Waals surface area (Å²) in [6, 6.07) is 9.31. The van der Waals surface area contributed by atoms with E-state index in [0.717, 1.165) is 17.1 Å². The standard InChI is InChI=1S/C26H37O2P/c1-27-23-17-11-18-24(28-2)26(23)22-16-9-10-19-25(22)29(20-12-5-3-6-13-20)21-14-7-4-8-15-21/h9-11,16-21,23,26H,3-8,12-15H2,1-2H3. The molecule has 29 heavy (non-hydrogen) atoms. The third-order valence-electron chi connectivity index (χ3n) is 7.19. The van der Waals surface area contributed by atoms with Crippen LogP contribution in [0.15, 0.2) is 48.3 Å². The third kappa shape index (κ3) is 4.64. The molecule has 3 aliphatic carbocycles. The highest BCUT2D eigenvalue weighted by Gasteiger charge is 2.37. The average Bonchev–Trinajstić information content (AvgIpc) is 2.80. The molecule has 0 spiro atoms. The molecule has 4 rings (SSSR count). The molecule has 1 aromatic carbocycles. The van der Waals surface area contributed by atoms with Crippen LogP contribution in [0, 0.1) is 0 Å². The van der Waals surface area contributed by atoms with Crippen molar-refractivity contribution < 1.29 is 9.47 Å². The van der Waals surface area contributed by atoms with Crippen LogP contribution in [0.4, 0.5) is 0 Å². The summed E-state index contributed by atoms with van der Waals surface area (Å²) >= 11 is 0. The fraction of sp³-hybridized carbons (Fsp3) is 0.615. The Kier molecular flexibility index (Phi) is 7.49. The summed E-state index contributed by atoms with van der Waals surface area (Å²) in [4.78, 5) is 0. The topological polar surface area (TPSA) is 18.5 Å². The van der Waals surface area contributed by atoms with Crippen molar-refractivity contribution in [1.29, 1.82) is 0 Å². The van der Waals surface area contributed by atoms with E-state index in [1.54, 1.807) is 12.4 Å². The van der Waals surface area contributed by atoms with E-state index in [4.69, 9.17) is 9.47 Å². The maximum atomic E-state index is 5.92. The average molecular weight is 413 g/mol. The Bertz CT molecular complexity index is 695. The number of benzene rings is 1. The predicted octanol–water partition coefficient (Wildman–Crippen LogP) is 6.66. The smallest absolute Gasteiger partial charge is 0.106 e. The molecule has 0 radical (unpaired) electrons. The minimum absolute atomic E-state index is 0.0469. The van der Waals surface area contributed by atoms with E-state index in [2.05, 4.69) is 42.5 Å². The van der Waals surface area contributed by atoms with Crippen LogP contribution >= 0.6 is 7.92 Å². The SMILES string of the molecule is COC1=CC=CC(OC)C1c1ccccc1P(C1CCCCC1)C1CCCCC1. The van der Waals surface area contributed by atoms with Gasteiger partial charge >= 0.3 is 0 Å². The van der Waals surface area contributed by atoms with Crippen LogP contribution in [0.1, 0.15) is 75.7 Å². The van der Waals surface area contributed by atoms with Crippen molar-refractivity contribution in [2.75, 3.05) is 14.2 Å². The lowest BCUT2D eigenvalue weighted by molar-refractivity contribution is 0.103. The predicted molar refractivity (Wildman–Crippen MR) is 125 cm³/mol. The number of hydrogen-bond donors (Lipinski definition) is 0. The maximum absolute atomic E-state index is 5.92. The van der Waals surface area contributed by atoms with Crippen molar-refractivity contribution in [3.05, 3.63) is 53.8 Å². The first kappa shape index (κ1) is 21.1. The van der Waals surface area contributed by atoms with Crippen LogP contribution < -0.4 is 5.30 Å². The van der Waals surface area contributed by atoms with Gasteiger partial charge in [-0.2, -0.15) is 0 Å². The van der Waals surface area contributed by atoms with Gasteiger partial charge in [0.1, 0.15) is 5.76 Å². The molecule has 0 bridgehead atoms. The summed E-state index contributed by atoms with van der Waals surface area (Å²) in [5.41, 5.74) is 3.26. The largest absolute Gasteiger partial charge is 0.500 e. The molecule has 2 unspecified atom stereocenters. The summed E-state index contributed by atoms with van der Waals surface area (Å²) in [7, 11) is 3.48. The van der Waals surface area contributed by atoms with Gasteiger partial charge in [0.2, 0.25) is 0 Å². The Balaban J connectivity index is 1.75. The Morgan fingerprint density at radius 1 is 0.828 bits per heavy atom. The molecule has 0 aromatic heterocycles. The first-order valence-electron chi connectivity index (χ1n) is 11.7. The molecular formula is C26H37O2P. The van der Waals surface area contributed by atoms with E-state index in [9.17, 15) is 0 Å². The van der Waals surface area contributed by atoms with Gasteiger partial charge in [-0.3, -0.25) is 0 Å². The van der Waals surface area contributed by atoms with E-state index in [1.807, 2.05) is 7.11 Å². The van der Waals surface area contributed by atoms with Crippen molar-refractivity contribution in [3.8, 4) is 0 Å². The first-order valence-corrected chi connectivity index (χ1v) is 13.1. The molecule has 0 aliphatic heterocycles. The van der Waals surface area contributed by atoms with Gasteiger partial charge < -0.3 is 9.47 Å². The van der Waals surface area contributed by atoms with Gasteiger partial charge in [-0.1, -0.05) is 82.9 Å². The van der Waals surface area contributed by atoms with Gasteiger partial charge in [0.25, 0.3) is 0 Å². The van der Waals surface area contributed by atoms with Crippen molar-refractivity contribution in [1.82, 2.24) is 0 Å². The van der Waals surface area contributed by atoms with Gasteiger partial charge in [0.05, 0.1) is 19.1 Å².